The summed E-state index contributed by atoms with van der Waals surface area (Å²) in [5.41, 5.74) is 1.29. The van der Waals surface area contributed by atoms with Gasteiger partial charge in [-0.1, -0.05) is 0 Å². The third-order valence-corrected chi connectivity index (χ3v) is 13.4. The van der Waals surface area contributed by atoms with E-state index in [1.807, 2.05) is 0 Å². The van der Waals surface area contributed by atoms with Crippen molar-refractivity contribution in [2.24, 2.45) is 11.3 Å². The molecule has 1 saturated carbocycles. The second kappa shape index (κ2) is 9.29. The molecule has 0 saturated heterocycles. The zero-order chi connectivity index (χ0) is 22.9. The van der Waals surface area contributed by atoms with Gasteiger partial charge in [-0.3, -0.25) is 0 Å². The maximum atomic E-state index is 10.9. The standard InChI is InChI=1S/C29H33O2PS/c1-29-20-19-27(31-33)25(26(29)17-18-28(29)30)21-32(22-11-5-2-6-12-22,23-13-7-3-8-14-23)24-15-9-4-10-16-24/h2-16,26,28,30,32-33H,17-21H2,1H3/t26-,28-,29-/m0/s1. The number of hydrogen-bond donors (Lipinski definition) is 2. The number of aliphatic hydroxyl groups is 1. The van der Waals surface area contributed by atoms with E-state index in [4.69, 9.17) is 4.18 Å². The van der Waals surface area contributed by atoms with Crippen LogP contribution in [-0.4, -0.2) is 17.4 Å². The third-order valence-electron chi connectivity index (χ3n) is 8.32. The summed E-state index contributed by atoms with van der Waals surface area (Å²) in [6, 6.07) is 33.1. The van der Waals surface area contributed by atoms with Crippen LogP contribution in [0, 0.1) is 11.3 Å². The van der Waals surface area contributed by atoms with E-state index in [0.717, 1.165) is 37.6 Å². The molecule has 0 radical (unpaired) electrons. The number of fused-ring (bicyclic) bond motifs is 1. The molecule has 3 aromatic carbocycles. The summed E-state index contributed by atoms with van der Waals surface area (Å²) in [5.74, 6) is 1.35. The SMILES string of the molecule is C[C@]12CCC(OS)=C(C[PH](c3ccccc3)(c3ccccc3)c3ccccc3)[C@@H]1CC[C@@H]2O. The van der Waals surface area contributed by atoms with Crippen molar-refractivity contribution >= 4 is 36.1 Å². The fourth-order valence-electron chi connectivity index (χ4n) is 6.45. The van der Waals surface area contributed by atoms with E-state index >= 15 is 0 Å². The summed E-state index contributed by atoms with van der Waals surface area (Å²) < 4.78 is 5.76. The fraction of sp³-hybridized carbons (Fsp3) is 0.310. The molecule has 0 unspecified atom stereocenters. The van der Waals surface area contributed by atoms with Gasteiger partial charge in [-0.15, -0.1) is 0 Å². The molecule has 0 bridgehead atoms. The number of benzene rings is 3. The van der Waals surface area contributed by atoms with E-state index in [2.05, 4.69) is 111 Å². The van der Waals surface area contributed by atoms with E-state index in [0.29, 0.717) is 5.92 Å². The summed E-state index contributed by atoms with van der Waals surface area (Å²) in [6.07, 6.45) is 4.35. The van der Waals surface area contributed by atoms with Crippen molar-refractivity contribution in [3.05, 3.63) is 102 Å². The Morgan fingerprint density at radius 1 is 0.848 bits per heavy atom. The van der Waals surface area contributed by atoms with Gasteiger partial charge in [-0.2, -0.15) is 0 Å². The molecule has 33 heavy (non-hydrogen) atoms. The minimum atomic E-state index is -2.44. The molecule has 172 valence electrons. The van der Waals surface area contributed by atoms with Crippen LogP contribution in [0.4, 0.5) is 0 Å². The summed E-state index contributed by atoms with van der Waals surface area (Å²) >= 11 is 4.31. The number of thiol groups is 1. The molecule has 1 fully saturated rings. The van der Waals surface area contributed by atoms with Crippen LogP contribution in [0.25, 0.3) is 0 Å². The molecule has 0 amide bonds. The Kier molecular flexibility index (Phi) is 6.40. The second-order valence-corrected chi connectivity index (χ2v) is 14.0. The summed E-state index contributed by atoms with van der Waals surface area (Å²) in [7, 11) is -2.44. The molecule has 2 nitrogen and oxygen atoms in total. The van der Waals surface area contributed by atoms with Crippen molar-refractivity contribution in [1.82, 2.24) is 0 Å². The number of allylic oxidation sites excluding steroid dienone is 2. The Hall–Kier alpha value is -2.06. The van der Waals surface area contributed by atoms with Gasteiger partial charge in [-0.05, 0) is 0 Å². The normalized spacial score (nSPS) is 25.5. The van der Waals surface area contributed by atoms with Gasteiger partial charge in [0.25, 0.3) is 0 Å². The predicted molar refractivity (Wildman–Crippen MR) is 145 cm³/mol. The van der Waals surface area contributed by atoms with Crippen LogP contribution in [0.5, 0.6) is 0 Å². The number of rotatable bonds is 6. The first-order valence-electron chi connectivity index (χ1n) is 12.0. The van der Waals surface area contributed by atoms with Gasteiger partial charge in [0, 0.05) is 0 Å². The Morgan fingerprint density at radius 3 is 1.79 bits per heavy atom. The van der Waals surface area contributed by atoms with Crippen LogP contribution >= 0.6 is 20.2 Å². The second-order valence-electron chi connectivity index (χ2n) is 9.87. The van der Waals surface area contributed by atoms with Crippen LogP contribution in [0.1, 0.15) is 32.6 Å². The zero-order valence-electron chi connectivity index (χ0n) is 19.2. The summed E-state index contributed by atoms with van der Waals surface area (Å²) in [4.78, 5) is 0. The summed E-state index contributed by atoms with van der Waals surface area (Å²) in [6.45, 7) is 2.28. The van der Waals surface area contributed by atoms with Crippen molar-refractivity contribution in [3.63, 3.8) is 0 Å². The van der Waals surface area contributed by atoms with Crippen LogP contribution in [0.15, 0.2) is 102 Å². The molecule has 3 aromatic rings. The van der Waals surface area contributed by atoms with Crippen molar-refractivity contribution in [3.8, 4) is 0 Å². The first-order valence-corrected chi connectivity index (χ1v) is 14.5. The Bertz CT molecular complexity index is 1020. The molecular formula is C29H33O2PS. The van der Waals surface area contributed by atoms with Gasteiger partial charge in [0.05, 0.1) is 0 Å². The molecule has 4 heteroatoms. The molecule has 2 aliphatic carbocycles. The third kappa shape index (κ3) is 3.85. The van der Waals surface area contributed by atoms with Gasteiger partial charge in [0.1, 0.15) is 0 Å². The van der Waals surface area contributed by atoms with E-state index in [1.54, 1.807) is 0 Å². The summed E-state index contributed by atoms with van der Waals surface area (Å²) in [5, 5.41) is 15.1. The molecule has 0 heterocycles. The van der Waals surface area contributed by atoms with E-state index < -0.39 is 7.26 Å². The molecule has 3 atom stereocenters. The minimum absolute atomic E-state index is 0.0880. The van der Waals surface area contributed by atoms with Crippen LogP contribution < -0.4 is 15.9 Å². The van der Waals surface area contributed by atoms with Gasteiger partial charge in [-0.25, -0.2) is 0 Å². The Morgan fingerprint density at radius 2 is 1.33 bits per heavy atom. The van der Waals surface area contributed by atoms with Gasteiger partial charge in [0.2, 0.25) is 0 Å². The van der Waals surface area contributed by atoms with Crippen molar-refractivity contribution in [2.45, 2.75) is 38.7 Å². The van der Waals surface area contributed by atoms with Crippen LogP contribution in [-0.2, 0) is 4.18 Å². The predicted octanol–water partition coefficient (Wildman–Crippen LogP) is 5.40. The first-order chi connectivity index (χ1) is 16.1. The zero-order valence-corrected chi connectivity index (χ0v) is 21.0. The first kappa shape index (κ1) is 22.7. The molecule has 5 rings (SSSR count). The monoisotopic (exact) mass is 476 g/mol. The maximum absolute atomic E-state index is 10.9. The van der Waals surface area contributed by atoms with Crippen molar-refractivity contribution in [2.75, 3.05) is 6.16 Å². The Labute approximate surface area is 203 Å². The number of hydrogen-bond acceptors (Lipinski definition) is 3. The van der Waals surface area contributed by atoms with Gasteiger partial charge < -0.3 is 0 Å². The molecule has 0 aliphatic heterocycles. The molecule has 1 N–H and O–H groups in total. The fourth-order valence-corrected chi connectivity index (χ4v) is 11.6. The van der Waals surface area contributed by atoms with E-state index in [-0.39, 0.29) is 11.5 Å². The van der Waals surface area contributed by atoms with E-state index in [9.17, 15) is 5.11 Å². The van der Waals surface area contributed by atoms with Gasteiger partial charge >= 0.3 is 204 Å². The molecule has 2 aliphatic rings. The van der Waals surface area contributed by atoms with E-state index in [1.165, 1.54) is 21.5 Å². The van der Waals surface area contributed by atoms with Crippen LogP contribution in [0.3, 0.4) is 0 Å². The molecular weight excluding hydrogens is 443 g/mol. The average Bonchev–Trinajstić information content (AvgIpc) is 3.18. The molecule has 0 spiro atoms. The van der Waals surface area contributed by atoms with Gasteiger partial charge in [0.15, 0.2) is 0 Å². The Balaban J connectivity index is 1.76. The number of aliphatic hydroxyl groups excluding tert-OH is 1. The average molecular weight is 477 g/mol. The molecule has 0 aromatic heterocycles. The van der Waals surface area contributed by atoms with Crippen molar-refractivity contribution < 1.29 is 9.29 Å². The van der Waals surface area contributed by atoms with Crippen LogP contribution in [0.2, 0.25) is 0 Å². The topological polar surface area (TPSA) is 29.5 Å². The van der Waals surface area contributed by atoms with Crippen molar-refractivity contribution in [1.29, 1.82) is 0 Å². The quantitative estimate of drug-likeness (QED) is 0.283.